The fourth-order valence-corrected chi connectivity index (χ4v) is 3.06. The number of amides is 1. The maximum atomic E-state index is 11.9. The van der Waals surface area contributed by atoms with E-state index in [0.717, 1.165) is 11.1 Å². The predicted octanol–water partition coefficient (Wildman–Crippen LogP) is 2.98. The summed E-state index contributed by atoms with van der Waals surface area (Å²) in [5.74, 6) is -0.667. The van der Waals surface area contributed by atoms with Gasteiger partial charge in [-0.3, -0.25) is 4.79 Å². The Labute approximate surface area is 125 Å². The number of aliphatic imine (C=N–C) groups is 1. The van der Waals surface area contributed by atoms with Gasteiger partial charge in [0.2, 0.25) is 0 Å². The van der Waals surface area contributed by atoms with E-state index in [-0.39, 0.29) is 5.96 Å². The molecule has 5 heteroatoms. The van der Waals surface area contributed by atoms with Crippen LogP contribution in [0.2, 0.25) is 0 Å². The molecule has 1 aromatic heterocycles. The minimum Gasteiger partial charge on any atom is -0.370 e. The average Bonchev–Trinajstić information content (AvgIpc) is 2.95. The molecule has 4 nitrogen and oxygen atoms in total. The summed E-state index contributed by atoms with van der Waals surface area (Å²) >= 11 is 1.69. The van der Waals surface area contributed by atoms with Gasteiger partial charge in [0.25, 0.3) is 5.91 Å². The van der Waals surface area contributed by atoms with Gasteiger partial charge in [-0.25, -0.2) is 0 Å². The van der Waals surface area contributed by atoms with Crippen LogP contribution in [-0.4, -0.2) is 11.9 Å². The van der Waals surface area contributed by atoms with E-state index in [1.807, 2.05) is 24.3 Å². The minimum atomic E-state index is -0.436. The van der Waals surface area contributed by atoms with Gasteiger partial charge >= 0.3 is 0 Å². The van der Waals surface area contributed by atoms with Crippen molar-refractivity contribution in [3.8, 4) is 11.1 Å². The van der Waals surface area contributed by atoms with E-state index in [2.05, 4.69) is 22.5 Å². The third kappa shape index (κ3) is 2.64. The maximum Gasteiger partial charge on any atom is 0.280 e. The summed E-state index contributed by atoms with van der Waals surface area (Å²) in [4.78, 5) is 15.5. The first-order valence-corrected chi connectivity index (χ1v) is 7.24. The van der Waals surface area contributed by atoms with Crippen molar-refractivity contribution >= 4 is 33.3 Å². The molecule has 0 saturated carbocycles. The summed E-state index contributed by atoms with van der Waals surface area (Å²) < 4.78 is 1.22. The number of hydrogen-bond donors (Lipinski definition) is 2. The van der Waals surface area contributed by atoms with Gasteiger partial charge in [-0.05, 0) is 40.8 Å². The Hall–Kier alpha value is -2.66. The molecule has 1 heterocycles. The van der Waals surface area contributed by atoms with Gasteiger partial charge in [0.15, 0.2) is 5.96 Å². The number of nitrogens with two attached hydrogens (primary N) is 2. The van der Waals surface area contributed by atoms with E-state index in [1.165, 1.54) is 10.1 Å². The zero-order valence-corrected chi connectivity index (χ0v) is 11.9. The first-order chi connectivity index (χ1) is 10.1. The Morgan fingerprint density at radius 1 is 1.05 bits per heavy atom. The average molecular weight is 295 g/mol. The summed E-state index contributed by atoms with van der Waals surface area (Å²) in [5, 5.41) is 3.23. The lowest BCUT2D eigenvalue weighted by Gasteiger charge is -2.05. The van der Waals surface area contributed by atoms with E-state index >= 15 is 0 Å². The molecular weight excluding hydrogens is 282 g/mol. The maximum absolute atomic E-state index is 11.9. The first kappa shape index (κ1) is 13.3. The molecule has 0 spiro atoms. The zero-order chi connectivity index (χ0) is 14.8. The number of nitrogens with zero attached hydrogens (tertiary/aromatic N) is 1. The van der Waals surface area contributed by atoms with E-state index in [1.54, 1.807) is 23.5 Å². The first-order valence-electron chi connectivity index (χ1n) is 6.36. The van der Waals surface area contributed by atoms with E-state index < -0.39 is 5.91 Å². The zero-order valence-electron chi connectivity index (χ0n) is 11.1. The second-order valence-electron chi connectivity index (χ2n) is 4.56. The van der Waals surface area contributed by atoms with Crippen LogP contribution in [0.5, 0.6) is 0 Å². The molecule has 0 unspecified atom stereocenters. The lowest BCUT2D eigenvalue weighted by atomic mass is 10.00. The van der Waals surface area contributed by atoms with Crippen LogP contribution in [0.1, 0.15) is 10.4 Å². The predicted molar refractivity (Wildman–Crippen MR) is 87.4 cm³/mol. The van der Waals surface area contributed by atoms with Crippen LogP contribution in [-0.2, 0) is 0 Å². The van der Waals surface area contributed by atoms with Gasteiger partial charge in [-0.15, -0.1) is 11.3 Å². The normalized spacial score (nSPS) is 10.5. The van der Waals surface area contributed by atoms with Crippen LogP contribution >= 0.6 is 11.3 Å². The highest BCUT2D eigenvalue weighted by molar-refractivity contribution is 7.17. The minimum absolute atomic E-state index is 0.231. The number of fused-ring (bicyclic) bond motifs is 1. The monoisotopic (exact) mass is 295 g/mol. The second-order valence-corrected chi connectivity index (χ2v) is 5.51. The summed E-state index contributed by atoms with van der Waals surface area (Å²) in [7, 11) is 0. The molecular formula is C16H13N3OS. The highest BCUT2D eigenvalue weighted by Crippen LogP contribution is 2.32. The third-order valence-electron chi connectivity index (χ3n) is 3.15. The molecule has 21 heavy (non-hydrogen) atoms. The number of guanidine groups is 1. The SMILES string of the molecule is NC(N)=NC(=O)c1cccc(-c2cccc3sccc23)c1. The number of thiophene rings is 1. The molecule has 3 rings (SSSR count). The smallest absolute Gasteiger partial charge is 0.280 e. The Morgan fingerprint density at radius 3 is 2.67 bits per heavy atom. The number of carbonyl (C=O) groups is 1. The molecule has 0 atom stereocenters. The van der Waals surface area contributed by atoms with Crippen molar-refractivity contribution in [3.05, 3.63) is 59.5 Å². The molecule has 0 bridgehead atoms. The van der Waals surface area contributed by atoms with Gasteiger partial charge in [-0.2, -0.15) is 4.99 Å². The highest BCUT2D eigenvalue weighted by atomic mass is 32.1. The number of carbonyl (C=O) groups excluding carboxylic acids is 1. The summed E-state index contributed by atoms with van der Waals surface area (Å²) in [6, 6.07) is 15.5. The van der Waals surface area contributed by atoms with Crippen molar-refractivity contribution in [1.82, 2.24) is 0 Å². The molecule has 0 radical (unpaired) electrons. The second kappa shape index (κ2) is 5.38. The molecule has 0 fully saturated rings. The van der Waals surface area contributed by atoms with Crippen molar-refractivity contribution in [2.75, 3.05) is 0 Å². The molecule has 1 amide bonds. The van der Waals surface area contributed by atoms with E-state index in [9.17, 15) is 4.79 Å². The van der Waals surface area contributed by atoms with Gasteiger partial charge in [0.05, 0.1) is 0 Å². The van der Waals surface area contributed by atoms with Gasteiger partial charge in [-0.1, -0.05) is 24.3 Å². The Morgan fingerprint density at radius 2 is 1.86 bits per heavy atom. The largest absolute Gasteiger partial charge is 0.370 e. The van der Waals surface area contributed by atoms with Crippen LogP contribution < -0.4 is 11.5 Å². The van der Waals surface area contributed by atoms with Crippen LogP contribution in [0.25, 0.3) is 21.2 Å². The lowest BCUT2D eigenvalue weighted by Crippen LogP contribution is -2.24. The van der Waals surface area contributed by atoms with Gasteiger partial charge < -0.3 is 11.5 Å². The molecule has 2 aromatic carbocycles. The molecule has 3 aromatic rings. The number of hydrogen-bond acceptors (Lipinski definition) is 2. The number of benzene rings is 2. The van der Waals surface area contributed by atoms with E-state index in [0.29, 0.717) is 5.56 Å². The quantitative estimate of drug-likeness (QED) is 0.563. The van der Waals surface area contributed by atoms with Crippen molar-refractivity contribution in [2.45, 2.75) is 0 Å². The summed E-state index contributed by atoms with van der Waals surface area (Å²) in [5.41, 5.74) is 13.0. The highest BCUT2D eigenvalue weighted by Gasteiger charge is 2.09. The van der Waals surface area contributed by atoms with Crippen molar-refractivity contribution in [2.24, 2.45) is 16.5 Å². The fourth-order valence-electron chi connectivity index (χ4n) is 2.25. The Balaban J connectivity index is 2.10. The third-order valence-corrected chi connectivity index (χ3v) is 4.03. The molecule has 0 aliphatic rings. The lowest BCUT2D eigenvalue weighted by molar-refractivity contribution is 0.100. The molecule has 0 aliphatic heterocycles. The topological polar surface area (TPSA) is 81.5 Å². The molecule has 4 N–H and O–H groups in total. The fraction of sp³-hybridized carbons (Fsp3) is 0. The molecule has 104 valence electrons. The molecule has 0 aliphatic carbocycles. The van der Waals surface area contributed by atoms with Crippen LogP contribution in [0.3, 0.4) is 0 Å². The van der Waals surface area contributed by atoms with Crippen molar-refractivity contribution in [1.29, 1.82) is 0 Å². The standard InChI is InChI=1S/C16H13N3OS/c17-16(18)19-15(20)11-4-1-3-10(9-11)12-5-2-6-14-13(12)7-8-21-14/h1-9H,(H4,17,18,19,20). The van der Waals surface area contributed by atoms with Crippen LogP contribution in [0.4, 0.5) is 0 Å². The van der Waals surface area contributed by atoms with Crippen LogP contribution in [0, 0.1) is 0 Å². The summed E-state index contributed by atoms with van der Waals surface area (Å²) in [6.45, 7) is 0. The van der Waals surface area contributed by atoms with Gasteiger partial charge in [0, 0.05) is 15.6 Å². The van der Waals surface area contributed by atoms with E-state index in [4.69, 9.17) is 11.5 Å². The molecule has 0 saturated heterocycles. The Kier molecular flexibility index (Phi) is 3.41. The van der Waals surface area contributed by atoms with Gasteiger partial charge in [0.1, 0.15) is 0 Å². The van der Waals surface area contributed by atoms with Crippen LogP contribution in [0.15, 0.2) is 58.9 Å². The van der Waals surface area contributed by atoms with Crippen molar-refractivity contribution < 1.29 is 4.79 Å². The Bertz CT molecular complexity index is 847. The number of rotatable bonds is 2. The summed E-state index contributed by atoms with van der Waals surface area (Å²) in [6.07, 6.45) is 0. The van der Waals surface area contributed by atoms with Crippen molar-refractivity contribution in [3.63, 3.8) is 0 Å².